The van der Waals surface area contributed by atoms with Gasteiger partial charge in [-0.05, 0) is 55.8 Å². The van der Waals surface area contributed by atoms with Crippen LogP contribution >= 0.6 is 11.3 Å². The number of amides is 1. The molecule has 3 rings (SSSR count). The second-order valence-corrected chi connectivity index (χ2v) is 7.81. The van der Waals surface area contributed by atoms with Crippen LogP contribution in [-0.4, -0.2) is 31.3 Å². The molecule has 1 fully saturated rings. The molecule has 1 aliphatic heterocycles. The fraction of sp³-hybridized carbons (Fsp3) is 0.381. The fourth-order valence-electron chi connectivity index (χ4n) is 3.40. The molecular weight excluding hydrogens is 358 g/mol. The highest BCUT2D eigenvalue weighted by Gasteiger charge is 2.26. The van der Waals surface area contributed by atoms with Gasteiger partial charge in [0.25, 0.3) is 0 Å². The summed E-state index contributed by atoms with van der Waals surface area (Å²) in [6, 6.07) is 11.5. The summed E-state index contributed by atoms with van der Waals surface area (Å²) in [6.45, 7) is 3.61. The summed E-state index contributed by atoms with van der Waals surface area (Å²) in [5.41, 5.74) is 1.97. The maximum Gasteiger partial charge on any atom is 0.223 e. The van der Waals surface area contributed by atoms with Crippen molar-refractivity contribution in [1.82, 2.24) is 5.32 Å². The second-order valence-electron chi connectivity index (χ2n) is 6.78. The van der Waals surface area contributed by atoms with Gasteiger partial charge in [-0.15, -0.1) is 11.3 Å². The molecule has 0 atom stereocenters. The van der Waals surface area contributed by atoms with Crippen molar-refractivity contribution in [3.8, 4) is 6.07 Å². The van der Waals surface area contributed by atoms with Crippen molar-refractivity contribution in [3.63, 3.8) is 0 Å². The van der Waals surface area contributed by atoms with Gasteiger partial charge in [-0.1, -0.05) is 6.07 Å². The molecule has 6 heteroatoms. The Morgan fingerprint density at radius 2 is 2.07 bits per heavy atom. The third-order valence-electron chi connectivity index (χ3n) is 4.98. The van der Waals surface area contributed by atoms with Crippen molar-refractivity contribution < 1.29 is 9.59 Å². The number of hydrogen-bond donors (Lipinski definition) is 1. The highest BCUT2D eigenvalue weighted by Crippen LogP contribution is 2.27. The zero-order chi connectivity index (χ0) is 19.2. The first-order valence-electron chi connectivity index (χ1n) is 9.18. The van der Waals surface area contributed by atoms with Crippen molar-refractivity contribution in [3.05, 3.63) is 51.7 Å². The van der Waals surface area contributed by atoms with E-state index in [-0.39, 0.29) is 17.6 Å². The van der Waals surface area contributed by atoms with E-state index in [1.165, 1.54) is 11.8 Å². The molecule has 140 valence electrons. The molecule has 1 aromatic carbocycles. The van der Waals surface area contributed by atoms with E-state index in [0.29, 0.717) is 30.8 Å². The Balaban J connectivity index is 1.55. The first kappa shape index (κ1) is 19.1. The number of nitriles is 1. The quantitative estimate of drug-likeness (QED) is 0.779. The zero-order valence-corrected chi connectivity index (χ0v) is 16.2. The zero-order valence-electron chi connectivity index (χ0n) is 15.4. The van der Waals surface area contributed by atoms with Crippen LogP contribution in [0.1, 0.15) is 40.6 Å². The molecule has 1 aliphatic rings. The van der Waals surface area contributed by atoms with Gasteiger partial charge in [-0.2, -0.15) is 5.26 Å². The van der Waals surface area contributed by atoms with E-state index in [1.807, 2.05) is 11.4 Å². The Labute approximate surface area is 163 Å². The third-order valence-corrected chi connectivity index (χ3v) is 5.92. The van der Waals surface area contributed by atoms with Gasteiger partial charge in [-0.3, -0.25) is 9.59 Å². The Kier molecular flexibility index (Phi) is 6.25. The molecule has 2 heterocycles. The lowest BCUT2D eigenvalue weighted by molar-refractivity contribution is -0.125. The molecule has 27 heavy (non-hydrogen) atoms. The highest BCUT2D eigenvalue weighted by molar-refractivity contribution is 7.09. The van der Waals surface area contributed by atoms with Crippen molar-refractivity contribution in [2.75, 3.05) is 24.5 Å². The van der Waals surface area contributed by atoms with Crippen LogP contribution in [0.25, 0.3) is 0 Å². The number of thiophene rings is 1. The van der Waals surface area contributed by atoms with Gasteiger partial charge in [0.05, 0.1) is 11.3 Å². The number of carbonyl (C=O) groups excluding carboxylic acids is 2. The van der Waals surface area contributed by atoms with Gasteiger partial charge in [0.15, 0.2) is 5.78 Å². The van der Waals surface area contributed by atoms with Crippen molar-refractivity contribution in [2.45, 2.75) is 26.2 Å². The summed E-state index contributed by atoms with van der Waals surface area (Å²) in [5, 5.41) is 14.5. The summed E-state index contributed by atoms with van der Waals surface area (Å²) >= 11 is 1.71. The van der Waals surface area contributed by atoms with E-state index in [0.717, 1.165) is 24.9 Å². The van der Waals surface area contributed by atoms with Crippen molar-refractivity contribution in [1.29, 1.82) is 5.26 Å². The number of hydrogen-bond acceptors (Lipinski definition) is 5. The summed E-state index contributed by atoms with van der Waals surface area (Å²) in [5.74, 6) is 0.107. The van der Waals surface area contributed by atoms with E-state index in [1.54, 1.807) is 29.5 Å². The SMILES string of the molecule is CC(=O)c1ccc(C#N)c(N2CCC(C(=O)NCCc3cccs3)CC2)c1. The standard InChI is InChI=1S/C21H23N3O2S/c1-15(25)17-4-5-18(14-22)20(13-17)24-10-7-16(8-11-24)21(26)23-9-6-19-3-2-12-27-19/h2-5,12-13,16H,6-11H2,1H3,(H,23,26). The van der Waals surface area contributed by atoms with Crippen LogP contribution in [-0.2, 0) is 11.2 Å². The minimum atomic E-state index is -0.0132. The van der Waals surface area contributed by atoms with Gasteiger partial charge in [0, 0.05) is 36.0 Å². The van der Waals surface area contributed by atoms with Crippen molar-refractivity contribution in [2.24, 2.45) is 5.92 Å². The Hall–Kier alpha value is -2.65. The number of nitrogens with one attached hydrogen (secondary N) is 1. The summed E-state index contributed by atoms with van der Waals surface area (Å²) in [6.07, 6.45) is 2.37. The molecule has 1 N–H and O–H groups in total. The van der Waals surface area contributed by atoms with E-state index < -0.39 is 0 Å². The highest BCUT2D eigenvalue weighted by atomic mass is 32.1. The number of anilines is 1. The smallest absolute Gasteiger partial charge is 0.223 e. The average molecular weight is 382 g/mol. The molecule has 0 bridgehead atoms. The van der Waals surface area contributed by atoms with Crippen LogP contribution in [0.4, 0.5) is 5.69 Å². The number of ketones is 1. The first-order valence-corrected chi connectivity index (χ1v) is 10.1. The molecule has 0 aliphatic carbocycles. The van der Waals surface area contributed by atoms with Crippen molar-refractivity contribution >= 4 is 28.7 Å². The number of Topliss-reactive ketones (excluding diaryl/α,β-unsaturated/α-hetero) is 1. The molecule has 1 aromatic heterocycles. The molecule has 2 aromatic rings. The Morgan fingerprint density at radius 1 is 1.30 bits per heavy atom. The number of rotatable bonds is 6. The van der Waals surface area contributed by atoms with Gasteiger partial charge in [-0.25, -0.2) is 0 Å². The lowest BCUT2D eigenvalue weighted by Crippen LogP contribution is -2.41. The molecular formula is C21H23N3O2S. The number of nitrogens with zero attached hydrogens (tertiary/aromatic N) is 2. The summed E-state index contributed by atoms with van der Waals surface area (Å²) in [7, 11) is 0. The van der Waals surface area contributed by atoms with Crippen LogP contribution in [0, 0.1) is 17.2 Å². The number of piperidine rings is 1. The molecule has 5 nitrogen and oxygen atoms in total. The number of carbonyl (C=O) groups is 2. The topological polar surface area (TPSA) is 73.2 Å². The van der Waals surface area contributed by atoms with Crippen LogP contribution in [0.5, 0.6) is 0 Å². The van der Waals surface area contributed by atoms with Crippen LogP contribution in [0.3, 0.4) is 0 Å². The summed E-state index contributed by atoms with van der Waals surface area (Å²) < 4.78 is 0. The van der Waals surface area contributed by atoms with Gasteiger partial charge in [0.2, 0.25) is 5.91 Å². The molecule has 1 saturated heterocycles. The van der Waals surface area contributed by atoms with Gasteiger partial charge >= 0.3 is 0 Å². The molecule has 1 amide bonds. The largest absolute Gasteiger partial charge is 0.370 e. The molecule has 0 spiro atoms. The minimum Gasteiger partial charge on any atom is -0.370 e. The molecule has 0 saturated carbocycles. The predicted octanol–water partition coefficient (Wildman–Crippen LogP) is 3.40. The van der Waals surface area contributed by atoms with Crippen LogP contribution < -0.4 is 10.2 Å². The van der Waals surface area contributed by atoms with Crippen LogP contribution in [0.2, 0.25) is 0 Å². The van der Waals surface area contributed by atoms with Gasteiger partial charge < -0.3 is 10.2 Å². The average Bonchev–Trinajstić information content (AvgIpc) is 3.21. The van der Waals surface area contributed by atoms with Gasteiger partial charge in [0.1, 0.15) is 6.07 Å². The second kappa shape index (κ2) is 8.83. The predicted molar refractivity (Wildman–Crippen MR) is 107 cm³/mol. The Morgan fingerprint density at radius 3 is 2.70 bits per heavy atom. The van der Waals surface area contributed by atoms with Crippen LogP contribution in [0.15, 0.2) is 35.7 Å². The first-order chi connectivity index (χ1) is 13.1. The lowest BCUT2D eigenvalue weighted by atomic mass is 9.94. The normalized spacial score (nSPS) is 14.6. The third kappa shape index (κ3) is 4.75. The molecule has 0 unspecified atom stereocenters. The monoisotopic (exact) mass is 381 g/mol. The Bertz CT molecular complexity index is 847. The molecule has 0 radical (unpaired) electrons. The van der Waals surface area contributed by atoms with E-state index >= 15 is 0 Å². The number of benzene rings is 1. The lowest BCUT2D eigenvalue weighted by Gasteiger charge is -2.33. The van der Waals surface area contributed by atoms with E-state index in [9.17, 15) is 14.9 Å². The minimum absolute atomic E-state index is 0.00566. The van der Waals surface area contributed by atoms with E-state index in [2.05, 4.69) is 22.4 Å². The maximum absolute atomic E-state index is 12.4. The maximum atomic E-state index is 12.4. The van der Waals surface area contributed by atoms with E-state index in [4.69, 9.17) is 0 Å². The fourth-order valence-corrected chi connectivity index (χ4v) is 4.11. The summed E-state index contributed by atoms with van der Waals surface area (Å²) in [4.78, 5) is 27.5.